The molecule has 9 heteroatoms. The van der Waals surface area contributed by atoms with Gasteiger partial charge in [-0.25, -0.2) is 15.0 Å². The monoisotopic (exact) mass is 1020 g/mol. The van der Waals surface area contributed by atoms with Gasteiger partial charge in [-0.3, -0.25) is 0 Å². The Kier molecular flexibility index (Phi) is 10.6. The van der Waals surface area contributed by atoms with Crippen molar-refractivity contribution in [1.82, 2.24) is 28.7 Å². The largest absolute Gasteiger partial charge is 0.416 e. The summed E-state index contributed by atoms with van der Waals surface area (Å²) in [6, 6.07) is 86.9. The van der Waals surface area contributed by atoms with Crippen LogP contribution in [0.4, 0.5) is 13.2 Å². The Bertz CT molecular complexity index is 4520. The van der Waals surface area contributed by atoms with Crippen LogP contribution in [0.2, 0.25) is 0 Å². The summed E-state index contributed by atoms with van der Waals surface area (Å²) in [5.74, 6) is 1.50. The van der Waals surface area contributed by atoms with Gasteiger partial charge in [-0.2, -0.15) is 13.2 Å². The molecule has 79 heavy (non-hydrogen) atoms. The third-order valence-electron chi connectivity index (χ3n) is 15.3. The van der Waals surface area contributed by atoms with Gasteiger partial charge in [-0.05, 0) is 96.1 Å². The molecule has 4 aromatic heterocycles. The van der Waals surface area contributed by atoms with Crippen LogP contribution in [0.3, 0.4) is 0 Å². The second-order valence-corrected chi connectivity index (χ2v) is 19.9. The van der Waals surface area contributed by atoms with E-state index in [4.69, 9.17) is 15.0 Å². The summed E-state index contributed by atoms with van der Waals surface area (Å²) in [5.41, 5.74) is 13.6. The average Bonchev–Trinajstić information content (AvgIpc) is 4.38. The fourth-order valence-corrected chi connectivity index (χ4v) is 11.8. The lowest BCUT2D eigenvalue weighted by Crippen LogP contribution is -2.05. The first-order valence-corrected chi connectivity index (χ1v) is 26.2. The standard InChI is InChI=1S/C70H43F3N6/c71-70(72,73)49-35-40-65-59(43-49)56-25-11-16-30-64(56)79(65)66-57(44-31-36-50(37-32-44)77-60-26-12-7-21-52(60)53-22-8-13-27-61(53)77)41-48(69-75-67(46-17-3-1-4-18-46)74-68(76-69)47-19-5-2-6-20-47)42-58(66)45-33-38-51(39-34-45)78-62-28-14-9-23-54(62)55-24-10-15-29-63(55)78/h1-43H. The van der Waals surface area contributed by atoms with Crippen LogP contribution in [0.5, 0.6) is 0 Å². The van der Waals surface area contributed by atoms with Crippen LogP contribution in [-0.4, -0.2) is 28.7 Å². The number of halogens is 3. The molecule has 6 nitrogen and oxygen atoms in total. The highest BCUT2D eigenvalue weighted by Gasteiger charge is 2.32. The first-order valence-electron chi connectivity index (χ1n) is 26.2. The summed E-state index contributed by atoms with van der Waals surface area (Å²) >= 11 is 0. The average molecular weight is 1030 g/mol. The van der Waals surface area contributed by atoms with Gasteiger partial charge in [0, 0.05) is 71.5 Å². The Balaban J connectivity index is 1.03. The van der Waals surface area contributed by atoms with Gasteiger partial charge in [0.05, 0.1) is 44.4 Å². The Labute approximate surface area is 451 Å². The number of benzene rings is 11. The highest BCUT2D eigenvalue weighted by molar-refractivity contribution is 6.12. The molecular formula is C70H43F3N6. The summed E-state index contributed by atoms with van der Waals surface area (Å²) in [6.07, 6.45) is -4.55. The third-order valence-corrected chi connectivity index (χ3v) is 15.3. The molecule has 0 amide bonds. The number of nitrogens with zero attached hydrogens (tertiary/aromatic N) is 6. The molecule has 0 saturated heterocycles. The number of aromatic nitrogens is 6. The topological polar surface area (TPSA) is 53.5 Å². The van der Waals surface area contributed by atoms with Gasteiger partial charge in [0.1, 0.15) is 0 Å². The lowest BCUT2D eigenvalue weighted by Gasteiger charge is -2.22. The lowest BCUT2D eigenvalue weighted by atomic mass is 9.92. The summed E-state index contributed by atoms with van der Waals surface area (Å²) in [5, 5.41) is 5.83. The van der Waals surface area contributed by atoms with E-state index in [-0.39, 0.29) is 0 Å². The van der Waals surface area contributed by atoms with Gasteiger partial charge in [-0.15, -0.1) is 0 Å². The van der Waals surface area contributed by atoms with Crippen molar-refractivity contribution in [1.29, 1.82) is 0 Å². The van der Waals surface area contributed by atoms with E-state index in [9.17, 15) is 13.2 Å². The van der Waals surface area contributed by atoms with E-state index in [1.807, 2.05) is 84.9 Å². The van der Waals surface area contributed by atoms with Crippen molar-refractivity contribution in [3.8, 4) is 73.5 Å². The van der Waals surface area contributed by atoms with E-state index < -0.39 is 11.7 Å². The summed E-state index contributed by atoms with van der Waals surface area (Å²) < 4.78 is 50.8. The summed E-state index contributed by atoms with van der Waals surface area (Å²) in [6.45, 7) is 0. The molecule has 15 aromatic rings. The zero-order chi connectivity index (χ0) is 52.8. The molecule has 0 unspecified atom stereocenters. The van der Waals surface area contributed by atoms with Crippen molar-refractivity contribution in [2.45, 2.75) is 6.18 Å². The molecule has 0 bridgehead atoms. The molecule has 0 radical (unpaired) electrons. The summed E-state index contributed by atoms with van der Waals surface area (Å²) in [7, 11) is 0. The van der Waals surface area contributed by atoms with Crippen molar-refractivity contribution in [3.63, 3.8) is 0 Å². The molecule has 0 aliphatic rings. The first-order chi connectivity index (χ1) is 38.8. The minimum absolute atomic E-state index is 0.461. The maximum absolute atomic E-state index is 14.7. The Morgan fingerprint density at radius 1 is 0.266 bits per heavy atom. The smallest absolute Gasteiger partial charge is 0.309 e. The maximum Gasteiger partial charge on any atom is 0.416 e. The summed E-state index contributed by atoms with van der Waals surface area (Å²) in [4.78, 5) is 15.6. The Morgan fingerprint density at radius 2 is 0.595 bits per heavy atom. The van der Waals surface area contributed by atoms with Crippen molar-refractivity contribution in [2.75, 3.05) is 0 Å². The van der Waals surface area contributed by atoms with E-state index >= 15 is 0 Å². The van der Waals surface area contributed by atoms with E-state index in [1.54, 1.807) is 6.07 Å². The molecule has 11 aromatic carbocycles. The number of para-hydroxylation sites is 5. The number of alkyl halides is 3. The molecule has 0 aliphatic heterocycles. The lowest BCUT2D eigenvalue weighted by molar-refractivity contribution is -0.137. The second kappa shape index (κ2) is 18.1. The molecule has 0 atom stereocenters. The minimum Gasteiger partial charge on any atom is -0.309 e. The number of hydrogen-bond acceptors (Lipinski definition) is 3. The SMILES string of the molecule is FC(F)(F)c1ccc2c(c1)c1ccccc1n2-c1c(-c2ccc(-n3c4ccccc4c4ccccc43)cc2)cc(-c2nc(-c3ccccc3)nc(-c3ccccc3)n2)cc1-c1ccc(-n2c3ccccc3c3ccccc32)cc1. The van der Waals surface area contributed by atoms with Crippen LogP contribution >= 0.6 is 0 Å². The van der Waals surface area contributed by atoms with Gasteiger partial charge in [0.2, 0.25) is 0 Å². The van der Waals surface area contributed by atoms with Crippen LogP contribution in [0, 0.1) is 0 Å². The highest BCUT2D eigenvalue weighted by Crippen LogP contribution is 2.46. The molecule has 0 spiro atoms. The first kappa shape index (κ1) is 46.0. The van der Waals surface area contributed by atoms with Gasteiger partial charge in [-0.1, -0.05) is 176 Å². The second-order valence-electron chi connectivity index (χ2n) is 19.9. The molecule has 0 fully saturated rings. The van der Waals surface area contributed by atoms with Crippen LogP contribution < -0.4 is 0 Å². The zero-order valence-corrected chi connectivity index (χ0v) is 42.1. The van der Waals surface area contributed by atoms with Crippen molar-refractivity contribution in [2.24, 2.45) is 0 Å². The molecule has 0 saturated carbocycles. The molecule has 0 aliphatic carbocycles. The van der Waals surface area contributed by atoms with Crippen LogP contribution in [0.1, 0.15) is 5.56 Å². The fourth-order valence-electron chi connectivity index (χ4n) is 11.8. The molecule has 374 valence electrons. The van der Waals surface area contributed by atoms with Crippen molar-refractivity contribution < 1.29 is 13.2 Å². The fraction of sp³-hybridized carbons (Fsp3) is 0.0143. The van der Waals surface area contributed by atoms with Gasteiger partial charge in [0.15, 0.2) is 17.5 Å². The Morgan fingerprint density at radius 3 is 0.987 bits per heavy atom. The maximum atomic E-state index is 14.7. The molecule has 0 N–H and O–H groups in total. The minimum atomic E-state index is -4.55. The van der Waals surface area contributed by atoms with Crippen LogP contribution in [-0.2, 0) is 6.18 Å². The Hall–Kier alpha value is -10.4. The van der Waals surface area contributed by atoms with E-state index in [0.29, 0.717) is 33.8 Å². The normalized spacial score (nSPS) is 12.0. The molecule has 15 rings (SSSR count). The van der Waals surface area contributed by atoms with E-state index in [2.05, 4.69) is 171 Å². The molecule has 4 heterocycles. The van der Waals surface area contributed by atoms with Crippen molar-refractivity contribution >= 4 is 65.4 Å². The van der Waals surface area contributed by atoms with Crippen LogP contribution in [0.15, 0.2) is 261 Å². The van der Waals surface area contributed by atoms with E-state index in [1.165, 1.54) is 12.1 Å². The highest BCUT2D eigenvalue weighted by atomic mass is 19.4. The van der Waals surface area contributed by atoms with Gasteiger partial charge >= 0.3 is 6.18 Å². The quantitative estimate of drug-likeness (QED) is 0.152. The van der Waals surface area contributed by atoms with Gasteiger partial charge in [0.25, 0.3) is 0 Å². The predicted molar refractivity (Wildman–Crippen MR) is 315 cm³/mol. The van der Waals surface area contributed by atoms with Gasteiger partial charge < -0.3 is 13.7 Å². The van der Waals surface area contributed by atoms with Crippen molar-refractivity contribution in [3.05, 3.63) is 266 Å². The predicted octanol–water partition coefficient (Wildman–Crippen LogP) is 18.5. The number of hydrogen-bond donors (Lipinski definition) is 0. The number of rotatable bonds is 8. The molecular weight excluding hydrogens is 982 g/mol. The van der Waals surface area contributed by atoms with E-state index in [0.717, 1.165) is 105 Å². The third kappa shape index (κ3) is 7.61. The number of fused-ring (bicyclic) bond motifs is 9. The zero-order valence-electron chi connectivity index (χ0n) is 42.1. The van der Waals surface area contributed by atoms with Crippen LogP contribution in [0.25, 0.3) is 139 Å².